The van der Waals surface area contributed by atoms with Gasteiger partial charge in [0.2, 0.25) is 5.91 Å². The lowest BCUT2D eigenvalue weighted by atomic mass is 10.2. The minimum atomic E-state index is -1.02. The van der Waals surface area contributed by atoms with Gasteiger partial charge in [0.1, 0.15) is 11.9 Å². The Morgan fingerprint density at radius 3 is 2.85 bits per heavy atom. The van der Waals surface area contributed by atoms with Gasteiger partial charge < -0.3 is 16.2 Å². The number of thioether (sulfide) groups is 1. The molecule has 0 saturated carbocycles. The second-order valence-electron chi connectivity index (χ2n) is 4.59. The fraction of sp³-hybridized carbons (Fsp3) is 0.583. The molecule has 1 aromatic rings. The van der Waals surface area contributed by atoms with Crippen molar-refractivity contribution in [2.24, 2.45) is 5.73 Å². The van der Waals surface area contributed by atoms with Gasteiger partial charge >= 0.3 is 5.97 Å². The fourth-order valence-corrected chi connectivity index (χ4v) is 2.32. The number of nitrogens with zero attached hydrogens (tertiary/aromatic N) is 2. The molecule has 0 aliphatic rings. The molecular weight excluding hydrogens is 280 g/mol. The molecule has 0 aliphatic carbocycles. The Balaban J connectivity index is 2.30. The summed E-state index contributed by atoms with van der Waals surface area (Å²) in [7, 11) is 0. The van der Waals surface area contributed by atoms with Crippen LogP contribution in [0.1, 0.15) is 26.3 Å². The van der Waals surface area contributed by atoms with Gasteiger partial charge in [-0.15, -0.1) is 0 Å². The highest BCUT2D eigenvalue weighted by molar-refractivity contribution is 7.99. The summed E-state index contributed by atoms with van der Waals surface area (Å²) in [6.07, 6.45) is 1.98. The second kappa shape index (κ2) is 7.91. The summed E-state index contributed by atoms with van der Waals surface area (Å²) in [6.45, 7) is 3.95. The minimum Gasteiger partial charge on any atom is -0.480 e. The van der Waals surface area contributed by atoms with Crippen molar-refractivity contribution in [1.29, 1.82) is 0 Å². The van der Waals surface area contributed by atoms with Crippen LogP contribution in [0.5, 0.6) is 0 Å². The number of hydrogen-bond acceptors (Lipinski definition) is 5. The Bertz CT molecular complexity index is 461. The maximum absolute atomic E-state index is 11.7. The van der Waals surface area contributed by atoms with Crippen LogP contribution in [0.2, 0.25) is 0 Å². The third-order valence-corrected chi connectivity index (χ3v) is 3.54. The highest BCUT2D eigenvalue weighted by Crippen LogP contribution is 2.13. The van der Waals surface area contributed by atoms with Crippen LogP contribution in [0, 0.1) is 0 Å². The largest absolute Gasteiger partial charge is 0.480 e. The van der Waals surface area contributed by atoms with E-state index < -0.39 is 12.0 Å². The molecule has 1 amide bonds. The first kappa shape index (κ1) is 16.5. The highest BCUT2D eigenvalue weighted by Gasteiger charge is 2.12. The topological polar surface area (TPSA) is 110 Å². The van der Waals surface area contributed by atoms with Crippen LogP contribution in [0.15, 0.2) is 12.3 Å². The Morgan fingerprint density at radius 2 is 2.25 bits per heavy atom. The number of carbonyl (C=O) groups is 2. The zero-order valence-corrected chi connectivity index (χ0v) is 12.4. The van der Waals surface area contributed by atoms with Crippen LogP contribution in [-0.2, 0) is 9.59 Å². The van der Waals surface area contributed by atoms with Crippen molar-refractivity contribution in [3.05, 3.63) is 12.3 Å². The molecule has 20 heavy (non-hydrogen) atoms. The van der Waals surface area contributed by atoms with Crippen LogP contribution in [0.25, 0.3) is 0 Å². The van der Waals surface area contributed by atoms with Gasteiger partial charge in [0, 0.05) is 12.1 Å². The first-order valence-corrected chi connectivity index (χ1v) is 7.46. The zero-order valence-electron chi connectivity index (χ0n) is 11.6. The van der Waals surface area contributed by atoms with E-state index in [2.05, 4.69) is 10.4 Å². The molecule has 112 valence electrons. The van der Waals surface area contributed by atoms with E-state index in [-0.39, 0.29) is 17.7 Å². The average Bonchev–Trinajstić information content (AvgIpc) is 2.82. The predicted molar refractivity (Wildman–Crippen MR) is 78.8 cm³/mol. The Hall–Kier alpha value is -1.54. The molecule has 0 aliphatic heterocycles. The maximum atomic E-state index is 11.7. The number of hydrogen-bond donors (Lipinski definition) is 3. The second-order valence-corrected chi connectivity index (χ2v) is 5.69. The Morgan fingerprint density at radius 1 is 1.55 bits per heavy atom. The SMILES string of the molecule is CC(C)n1nccc1NC(=O)CSCCC(N)C(=O)O. The smallest absolute Gasteiger partial charge is 0.320 e. The van der Waals surface area contributed by atoms with Gasteiger partial charge in [0.25, 0.3) is 0 Å². The van der Waals surface area contributed by atoms with E-state index in [4.69, 9.17) is 10.8 Å². The standard InChI is InChI=1S/C12H20N4O3S/c1-8(2)16-10(3-5-14-16)15-11(17)7-20-6-4-9(13)12(18)19/h3,5,8-9H,4,6-7,13H2,1-2H3,(H,15,17)(H,18,19). The van der Waals surface area contributed by atoms with E-state index in [0.29, 0.717) is 18.0 Å². The molecule has 1 unspecified atom stereocenters. The summed E-state index contributed by atoms with van der Waals surface area (Å²) in [5.74, 6) is 0.296. The quantitative estimate of drug-likeness (QED) is 0.616. The van der Waals surface area contributed by atoms with Crippen molar-refractivity contribution in [3.8, 4) is 0 Å². The highest BCUT2D eigenvalue weighted by atomic mass is 32.2. The van der Waals surface area contributed by atoms with Gasteiger partial charge in [-0.25, -0.2) is 4.68 Å². The van der Waals surface area contributed by atoms with Crippen LogP contribution < -0.4 is 11.1 Å². The fourth-order valence-electron chi connectivity index (χ4n) is 1.50. The molecular formula is C12H20N4O3S. The molecule has 1 atom stereocenters. The molecule has 8 heteroatoms. The molecule has 1 heterocycles. The molecule has 0 fully saturated rings. The number of carbonyl (C=O) groups excluding carboxylic acids is 1. The molecule has 1 aromatic heterocycles. The van der Waals surface area contributed by atoms with Crippen LogP contribution in [0.3, 0.4) is 0 Å². The van der Waals surface area contributed by atoms with E-state index in [0.717, 1.165) is 0 Å². The van der Waals surface area contributed by atoms with Gasteiger partial charge in [-0.3, -0.25) is 9.59 Å². The Kier molecular flexibility index (Phi) is 6.53. The van der Waals surface area contributed by atoms with Gasteiger partial charge in [-0.1, -0.05) is 0 Å². The van der Waals surface area contributed by atoms with E-state index >= 15 is 0 Å². The minimum absolute atomic E-state index is 0.138. The van der Waals surface area contributed by atoms with Crippen LogP contribution >= 0.6 is 11.8 Å². The van der Waals surface area contributed by atoms with Crippen molar-refractivity contribution in [2.75, 3.05) is 16.8 Å². The van der Waals surface area contributed by atoms with Crippen LogP contribution in [-0.4, -0.2) is 44.3 Å². The van der Waals surface area contributed by atoms with Gasteiger partial charge in [-0.05, 0) is 26.0 Å². The van der Waals surface area contributed by atoms with Crippen molar-refractivity contribution < 1.29 is 14.7 Å². The van der Waals surface area contributed by atoms with E-state index in [9.17, 15) is 9.59 Å². The summed E-state index contributed by atoms with van der Waals surface area (Å²) in [4.78, 5) is 22.3. The molecule has 7 nitrogen and oxygen atoms in total. The monoisotopic (exact) mass is 300 g/mol. The third kappa shape index (κ3) is 5.22. The van der Waals surface area contributed by atoms with Crippen molar-refractivity contribution in [2.45, 2.75) is 32.4 Å². The zero-order chi connectivity index (χ0) is 15.1. The van der Waals surface area contributed by atoms with E-state index in [1.54, 1.807) is 16.9 Å². The lowest BCUT2D eigenvalue weighted by molar-refractivity contribution is -0.138. The molecule has 4 N–H and O–H groups in total. The predicted octanol–water partition coefficient (Wildman–Crippen LogP) is 0.938. The number of aliphatic carboxylic acids is 1. The van der Waals surface area contributed by atoms with Gasteiger partial charge in [0.15, 0.2) is 0 Å². The van der Waals surface area contributed by atoms with Crippen LogP contribution in [0.4, 0.5) is 5.82 Å². The van der Waals surface area contributed by atoms with Gasteiger partial charge in [-0.2, -0.15) is 16.9 Å². The average molecular weight is 300 g/mol. The number of aromatic nitrogens is 2. The maximum Gasteiger partial charge on any atom is 0.320 e. The van der Waals surface area contributed by atoms with Crippen molar-refractivity contribution in [1.82, 2.24) is 9.78 Å². The number of amides is 1. The molecule has 0 bridgehead atoms. The Labute approximate surface area is 121 Å². The number of rotatable bonds is 8. The molecule has 1 rings (SSSR count). The molecule has 0 aromatic carbocycles. The first-order chi connectivity index (χ1) is 9.41. The number of nitrogens with two attached hydrogens (primary N) is 1. The van der Waals surface area contributed by atoms with Crippen molar-refractivity contribution >= 4 is 29.5 Å². The third-order valence-electron chi connectivity index (χ3n) is 2.55. The number of anilines is 1. The van der Waals surface area contributed by atoms with Gasteiger partial charge in [0.05, 0.1) is 11.9 Å². The lowest BCUT2D eigenvalue weighted by Gasteiger charge is -2.11. The first-order valence-electron chi connectivity index (χ1n) is 6.31. The lowest BCUT2D eigenvalue weighted by Crippen LogP contribution is -2.30. The van der Waals surface area contributed by atoms with E-state index in [1.807, 2.05) is 13.8 Å². The summed E-state index contributed by atoms with van der Waals surface area (Å²) >= 11 is 1.36. The van der Waals surface area contributed by atoms with Crippen molar-refractivity contribution in [3.63, 3.8) is 0 Å². The van der Waals surface area contributed by atoms with E-state index in [1.165, 1.54) is 11.8 Å². The molecule has 0 saturated heterocycles. The normalized spacial score (nSPS) is 12.4. The summed E-state index contributed by atoms with van der Waals surface area (Å²) in [6, 6.07) is 1.04. The number of carboxylic acids is 1. The summed E-state index contributed by atoms with van der Waals surface area (Å²) in [5.41, 5.74) is 5.37. The number of nitrogens with one attached hydrogen (secondary N) is 1. The molecule has 0 radical (unpaired) electrons. The molecule has 0 spiro atoms. The number of carboxylic acid groups (broad SMARTS) is 1. The summed E-state index contributed by atoms with van der Waals surface area (Å²) < 4.78 is 1.73. The summed E-state index contributed by atoms with van der Waals surface area (Å²) in [5, 5.41) is 15.5.